The summed E-state index contributed by atoms with van der Waals surface area (Å²) < 4.78 is 5.46. The summed E-state index contributed by atoms with van der Waals surface area (Å²) in [4.78, 5) is 17.1. The van der Waals surface area contributed by atoms with Gasteiger partial charge in [0.25, 0.3) is 5.91 Å². The van der Waals surface area contributed by atoms with Gasteiger partial charge in [-0.1, -0.05) is 61.0 Å². The highest BCUT2D eigenvalue weighted by Gasteiger charge is 2.25. The lowest BCUT2D eigenvalue weighted by Crippen LogP contribution is -2.32. The highest BCUT2D eigenvalue weighted by atomic mass is 16.5. The van der Waals surface area contributed by atoms with Gasteiger partial charge in [-0.25, -0.2) is 0 Å². The summed E-state index contributed by atoms with van der Waals surface area (Å²) in [5.74, 6) is 0.809. The smallest absolute Gasteiger partial charge is 0.251 e. The molecule has 0 saturated heterocycles. The van der Waals surface area contributed by atoms with Crippen LogP contribution in [0.25, 0.3) is 11.4 Å². The first-order valence-electron chi connectivity index (χ1n) is 8.98. The Kier molecular flexibility index (Phi) is 5.66. The van der Waals surface area contributed by atoms with E-state index in [9.17, 15) is 4.79 Å². The lowest BCUT2D eigenvalue weighted by atomic mass is 10.0. The Morgan fingerprint density at radius 3 is 2.56 bits per heavy atom. The third-order valence-corrected chi connectivity index (χ3v) is 4.39. The van der Waals surface area contributed by atoms with Gasteiger partial charge in [0.05, 0.1) is 0 Å². The van der Waals surface area contributed by atoms with Crippen LogP contribution in [-0.4, -0.2) is 16.0 Å². The van der Waals surface area contributed by atoms with Crippen LogP contribution in [0.4, 0.5) is 0 Å². The SMILES string of the molecule is Cc1cccc(C(=O)NC(c2nc(-c3ccc(CN)cc3)no2)C(C)C)c1. The number of carbonyl (C=O) groups is 1. The van der Waals surface area contributed by atoms with Gasteiger partial charge in [0.1, 0.15) is 6.04 Å². The van der Waals surface area contributed by atoms with E-state index >= 15 is 0 Å². The number of aryl methyl sites for hydroxylation is 1. The molecule has 0 radical (unpaired) electrons. The number of carbonyl (C=O) groups excluding carboxylic acids is 1. The molecule has 0 fully saturated rings. The lowest BCUT2D eigenvalue weighted by molar-refractivity contribution is 0.0914. The van der Waals surface area contributed by atoms with Crippen molar-refractivity contribution >= 4 is 5.91 Å². The van der Waals surface area contributed by atoms with Gasteiger partial charge in [0.2, 0.25) is 11.7 Å². The Morgan fingerprint density at radius 1 is 1.19 bits per heavy atom. The monoisotopic (exact) mass is 364 g/mol. The van der Waals surface area contributed by atoms with E-state index in [1.807, 2.05) is 63.2 Å². The number of nitrogens with zero attached hydrogens (tertiary/aromatic N) is 2. The lowest BCUT2D eigenvalue weighted by Gasteiger charge is -2.18. The van der Waals surface area contributed by atoms with E-state index < -0.39 is 0 Å². The van der Waals surface area contributed by atoms with Crippen molar-refractivity contribution in [2.75, 3.05) is 0 Å². The molecule has 1 amide bonds. The molecule has 6 nitrogen and oxygen atoms in total. The summed E-state index contributed by atoms with van der Waals surface area (Å²) in [6.07, 6.45) is 0. The van der Waals surface area contributed by atoms with Crippen LogP contribution >= 0.6 is 0 Å². The van der Waals surface area contributed by atoms with Gasteiger partial charge in [-0.3, -0.25) is 4.79 Å². The predicted octanol–water partition coefficient (Wildman–Crippen LogP) is 3.63. The Morgan fingerprint density at radius 2 is 1.93 bits per heavy atom. The van der Waals surface area contributed by atoms with E-state index in [-0.39, 0.29) is 17.9 Å². The van der Waals surface area contributed by atoms with Gasteiger partial charge in [-0.05, 0) is 30.5 Å². The molecule has 3 N–H and O–H groups in total. The first kappa shape index (κ1) is 18.8. The van der Waals surface area contributed by atoms with Crippen LogP contribution in [0.2, 0.25) is 0 Å². The summed E-state index contributed by atoms with van der Waals surface area (Å²) in [5, 5.41) is 7.08. The van der Waals surface area contributed by atoms with E-state index in [4.69, 9.17) is 10.3 Å². The number of amides is 1. The number of hydrogen-bond donors (Lipinski definition) is 2. The first-order valence-corrected chi connectivity index (χ1v) is 8.98. The topological polar surface area (TPSA) is 94.0 Å². The van der Waals surface area contributed by atoms with Gasteiger partial charge in [-0.15, -0.1) is 0 Å². The summed E-state index contributed by atoms with van der Waals surface area (Å²) in [6, 6.07) is 14.8. The Labute approximate surface area is 158 Å². The van der Waals surface area contributed by atoms with Gasteiger partial charge in [-0.2, -0.15) is 4.98 Å². The van der Waals surface area contributed by atoms with E-state index in [1.54, 1.807) is 6.07 Å². The van der Waals surface area contributed by atoms with Crippen molar-refractivity contribution < 1.29 is 9.32 Å². The largest absolute Gasteiger partial charge is 0.340 e. The zero-order valence-corrected chi connectivity index (χ0v) is 15.8. The second kappa shape index (κ2) is 8.14. The molecule has 140 valence electrons. The standard InChI is InChI=1S/C21H24N4O2/c1-13(2)18(23-20(26)17-6-4-5-14(3)11-17)21-24-19(25-27-21)16-9-7-15(12-22)8-10-16/h4-11,13,18H,12,22H2,1-3H3,(H,23,26). The minimum absolute atomic E-state index is 0.0895. The van der Waals surface area contributed by atoms with Gasteiger partial charge in [0.15, 0.2) is 0 Å². The number of nitrogens with two attached hydrogens (primary N) is 1. The summed E-state index contributed by atoms with van der Waals surface area (Å²) >= 11 is 0. The van der Waals surface area contributed by atoms with Crippen molar-refractivity contribution in [3.63, 3.8) is 0 Å². The molecule has 0 aliphatic carbocycles. The summed E-state index contributed by atoms with van der Waals surface area (Å²) in [7, 11) is 0. The van der Waals surface area contributed by atoms with E-state index in [0.717, 1.165) is 16.7 Å². The van der Waals surface area contributed by atoms with E-state index in [0.29, 0.717) is 23.8 Å². The second-order valence-corrected chi connectivity index (χ2v) is 6.92. The summed E-state index contributed by atoms with van der Waals surface area (Å²) in [5.41, 5.74) is 9.15. The quantitative estimate of drug-likeness (QED) is 0.696. The molecule has 1 aromatic heterocycles. The molecule has 0 spiro atoms. The molecule has 0 saturated carbocycles. The average Bonchev–Trinajstić information content (AvgIpc) is 3.15. The molecule has 0 bridgehead atoms. The molecule has 6 heteroatoms. The summed E-state index contributed by atoms with van der Waals surface area (Å²) in [6.45, 7) is 6.44. The van der Waals surface area contributed by atoms with Crippen LogP contribution in [0.3, 0.4) is 0 Å². The van der Waals surface area contributed by atoms with Gasteiger partial charge in [0, 0.05) is 17.7 Å². The molecule has 0 aliphatic rings. The molecule has 3 rings (SSSR count). The fourth-order valence-corrected chi connectivity index (χ4v) is 2.79. The molecule has 2 aromatic carbocycles. The molecular formula is C21H24N4O2. The molecular weight excluding hydrogens is 340 g/mol. The predicted molar refractivity (Wildman–Crippen MR) is 104 cm³/mol. The minimum Gasteiger partial charge on any atom is -0.340 e. The molecule has 1 unspecified atom stereocenters. The van der Waals surface area contributed by atoms with Crippen LogP contribution in [-0.2, 0) is 6.54 Å². The number of aromatic nitrogens is 2. The first-order chi connectivity index (χ1) is 13.0. The maximum atomic E-state index is 12.6. The number of hydrogen-bond acceptors (Lipinski definition) is 5. The Bertz CT molecular complexity index is 916. The highest BCUT2D eigenvalue weighted by molar-refractivity contribution is 5.94. The zero-order valence-electron chi connectivity index (χ0n) is 15.8. The van der Waals surface area contributed by atoms with Crippen molar-refractivity contribution in [2.24, 2.45) is 11.7 Å². The highest BCUT2D eigenvalue weighted by Crippen LogP contribution is 2.24. The second-order valence-electron chi connectivity index (χ2n) is 6.92. The fourth-order valence-electron chi connectivity index (χ4n) is 2.79. The maximum absolute atomic E-state index is 12.6. The number of rotatable bonds is 6. The van der Waals surface area contributed by atoms with Gasteiger partial charge < -0.3 is 15.6 Å². The fraction of sp³-hybridized carbons (Fsp3) is 0.286. The number of benzene rings is 2. The van der Waals surface area contributed by atoms with E-state index in [1.165, 1.54) is 0 Å². The van der Waals surface area contributed by atoms with Crippen molar-refractivity contribution in [3.05, 3.63) is 71.1 Å². The van der Waals surface area contributed by atoms with Crippen LogP contribution in [0, 0.1) is 12.8 Å². The van der Waals surface area contributed by atoms with Crippen LogP contribution < -0.4 is 11.1 Å². The molecule has 3 aromatic rings. The molecule has 1 atom stereocenters. The Hall–Kier alpha value is -2.99. The van der Waals surface area contributed by atoms with Crippen LogP contribution in [0.1, 0.15) is 47.3 Å². The molecule has 0 aliphatic heterocycles. The van der Waals surface area contributed by atoms with Crippen molar-refractivity contribution in [1.29, 1.82) is 0 Å². The van der Waals surface area contributed by atoms with E-state index in [2.05, 4.69) is 15.5 Å². The number of nitrogens with one attached hydrogen (secondary N) is 1. The van der Waals surface area contributed by atoms with Crippen LogP contribution in [0.15, 0.2) is 53.1 Å². The normalized spacial score (nSPS) is 12.2. The average molecular weight is 364 g/mol. The minimum atomic E-state index is -0.373. The third-order valence-electron chi connectivity index (χ3n) is 4.39. The zero-order chi connectivity index (χ0) is 19.4. The van der Waals surface area contributed by atoms with Crippen molar-refractivity contribution in [2.45, 2.75) is 33.4 Å². The Balaban J connectivity index is 1.81. The maximum Gasteiger partial charge on any atom is 0.251 e. The molecule has 1 heterocycles. The van der Waals surface area contributed by atoms with Gasteiger partial charge >= 0.3 is 0 Å². The third kappa shape index (κ3) is 4.41. The van der Waals surface area contributed by atoms with Crippen molar-refractivity contribution in [1.82, 2.24) is 15.5 Å². The van der Waals surface area contributed by atoms with Crippen LogP contribution in [0.5, 0.6) is 0 Å². The molecule has 27 heavy (non-hydrogen) atoms. The van der Waals surface area contributed by atoms with Crippen molar-refractivity contribution in [3.8, 4) is 11.4 Å².